The number of nitrogens with zero attached hydrogens (tertiary/aromatic N) is 1. The standard InChI is InChI=1S/C10H14F3NO3/c11-10(12,13)7-17-5-3-9(16)14-4-1-2-8(15)6-14/h1-7H2. The fourth-order valence-corrected chi connectivity index (χ4v) is 1.56. The lowest BCUT2D eigenvalue weighted by molar-refractivity contribution is -0.175. The van der Waals surface area contributed by atoms with Gasteiger partial charge in [0.05, 0.1) is 19.6 Å². The van der Waals surface area contributed by atoms with Crippen LogP contribution in [0.15, 0.2) is 0 Å². The van der Waals surface area contributed by atoms with Gasteiger partial charge in [0.1, 0.15) is 6.61 Å². The maximum atomic E-state index is 11.7. The van der Waals surface area contributed by atoms with Crippen LogP contribution in [0.1, 0.15) is 19.3 Å². The molecule has 0 spiro atoms. The summed E-state index contributed by atoms with van der Waals surface area (Å²) in [5.41, 5.74) is 0. The summed E-state index contributed by atoms with van der Waals surface area (Å²) in [6, 6.07) is 0. The lowest BCUT2D eigenvalue weighted by atomic mass is 10.1. The number of likely N-dealkylation sites (tertiary alicyclic amines) is 1. The molecule has 0 saturated carbocycles. The van der Waals surface area contributed by atoms with E-state index in [9.17, 15) is 22.8 Å². The number of carbonyl (C=O) groups is 2. The number of piperidine rings is 1. The monoisotopic (exact) mass is 253 g/mol. The van der Waals surface area contributed by atoms with E-state index in [-0.39, 0.29) is 31.3 Å². The van der Waals surface area contributed by atoms with Crippen LogP contribution in [0.2, 0.25) is 0 Å². The summed E-state index contributed by atoms with van der Waals surface area (Å²) in [5, 5.41) is 0. The number of hydrogen-bond donors (Lipinski definition) is 0. The maximum Gasteiger partial charge on any atom is 0.411 e. The number of alkyl halides is 3. The lowest BCUT2D eigenvalue weighted by Crippen LogP contribution is -2.40. The molecule has 1 saturated heterocycles. The molecule has 7 heteroatoms. The molecule has 0 bridgehead atoms. The fraction of sp³-hybridized carbons (Fsp3) is 0.800. The highest BCUT2D eigenvalue weighted by Crippen LogP contribution is 2.14. The molecule has 17 heavy (non-hydrogen) atoms. The molecule has 4 nitrogen and oxygen atoms in total. The van der Waals surface area contributed by atoms with Crippen LogP contribution >= 0.6 is 0 Å². The summed E-state index contributed by atoms with van der Waals surface area (Å²) in [7, 11) is 0. The Morgan fingerprint density at radius 1 is 1.41 bits per heavy atom. The molecule has 0 aromatic heterocycles. The van der Waals surface area contributed by atoms with Gasteiger partial charge in [-0.2, -0.15) is 13.2 Å². The highest BCUT2D eigenvalue weighted by Gasteiger charge is 2.27. The molecule has 0 unspecified atom stereocenters. The Labute approximate surface area is 96.7 Å². The van der Waals surface area contributed by atoms with Gasteiger partial charge in [-0.15, -0.1) is 0 Å². The molecular weight excluding hydrogens is 239 g/mol. The lowest BCUT2D eigenvalue weighted by Gasteiger charge is -2.25. The zero-order valence-electron chi connectivity index (χ0n) is 9.26. The first-order chi connectivity index (χ1) is 7.88. The first-order valence-electron chi connectivity index (χ1n) is 5.32. The smallest absolute Gasteiger partial charge is 0.372 e. The van der Waals surface area contributed by atoms with Gasteiger partial charge in [0.2, 0.25) is 5.91 Å². The minimum atomic E-state index is -4.37. The fourth-order valence-electron chi connectivity index (χ4n) is 1.56. The molecule has 0 N–H and O–H groups in total. The molecule has 0 radical (unpaired) electrons. The topological polar surface area (TPSA) is 46.6 Å². The number of halogens is 3. The van der Waals surface area contributed by atoms with E-state index in [1.54, 1.807) is 0 Å². The minimum absolute atomic E-state index is 0.0131. The first kappa shape index (κ1) is 14.0. The molecule has 1 rings (SSSR count). The maximum absolute atomic E-state index is 11.7. The van der Waals surface area contributed by atoms with Crippen LogP contribution in [0.5, 0.6) is 0 Å². The molecule has 1 aliphatic heterocycles. The van der Waals surface area contributed by atoms with Crippen molar-refractivity contribution in [1.29, 1.82) is 0 Å². The molecule has 0 aromatic carbocycles. The third kappa shape index (κ3) is 5.67. The van der Waals surface area contributed by atoms with Gasteiger partial charge < -0.3 is 9.64 Å². The van der Waals surface area contributed by atoms with Crippen LogP contribution in [0.3, 0.4) is 0 Å². The molecule has 1 amide bonds. The van der Waals surface area contributed by atoms with E-state index in [0.29, 0.717) is 19.4 Å². The van der Waals surface area contributed by atoms with E-state index in [4.69, 9.17) is 0 Å². The van der Waals surface area contributed by atoms with Crippen molar-refractivity contribution in [1.82, 2.24) is 4.90 Å². The normalized spacial score (nSPS) is 17.4. The van der Waals surface area contributed by atoms with Gasteiger partial charge >= 0.3 is 6.18 Å². The quantitative estimate of drug-likeness (QED) is 0.706. The molecule has 0 aromatic rings. The van der Waals surface area contributed by atoms with Crippen molar-refractivity contribution in [3.63, 3.8) is 0 Å². The van der Waals surface area contributed by atoms with Crippen molar-refractivity contribution in [3.05, 3.63) is 0 Å². The van der Waals surface area contributed by atoms with Gasteiger partial charge in [-0.1, -0.05) is 0 Å². The molecular formula is C10H14F3NO3. The number of hydrogen-bond acceptors (Lipinski definition) is 3. The number of carbonyl (C=O) groups excluding carboxylic acids is 2. The minimum Gasteiger partial charge on any atom is -0.372 e. The van der Waals surface area contributed by atoms with Crippen LogP contribution in [0.4, 0.5) is 13.2 Å². The van der Waals surface area contributed by atoms with Crippen LogP contribution in [-0.2, 0) is 14.3 Å². The van der Waals surface area contributed by atoms with Gasteiger partial charge in [-0.25, -0.2) is 0 Å². The average molecular weight is 253 g/mol. The Morgan fingerprint density at radius 2 is 2.12 bits per heavy atom. The Balaban J connectivity index is 2.18. The van der Waals surface area contributed by atoms with E-state index < -0.39 is 12.8 Å². The summed E-state index contributed by atoms with van der Waals surface area (Å²) in [4.78, 5) is 23.9. The van der Waals surface area contributed by atoms with Gasteiger partial charge in [0.25, 0.3) is 0 Å². The van der Waals surface area contributed by atoms with E-state index >= 15 is 0 Å². The molecule has 0 atom stereocenters. The number of ketones is 1. The highest BCUT2D eigenvalue weighted by atomic mass is 19.4. The molecule has 1 fully saturated rings. The molecule has 1 heterocycles. The second-order valence-electron chi connectivity index (χ2n) is 3.88. The van der Waals surface area contributed by atoms with E-state index in [1.165, 1.54) is 4.90 Å². The summed E-state index contributed by atoms with van der Waals surface area (Å²) in [6.07, 6.45) is -3.41. The van der Waals surface area contributed by atoms with Gasteiger partial charge in [-0.05, 0) is 6.42 Å². The Kier molecular flexibility index (Phi) is 4.92. The van der Waals surface area contributed by atoms with Gasteiger partial charge in [0.15, 0.2) is 5.78 Å². The highest BCUT2D eigenvalue weighted by molar-refractivity contribution is 5.87. The van der Waals surface area contributed by atoms with Crippen LogP contribution in [0, 0.1) is 0 Å². The number of ether oxygens (including phenoxy) is 1. The van der Waals surface area contributed by atoms with Crippen molar-refractivity contribution in [2.45, 2.75) is 25.4 Å². The Hall–Kier alpha value is -1.11. The van der Waals surface area contributed by atoms with E-state index in [0.717, 1.165) is 0 Å². The van der Waals surface area contributed by atoms with Crippen molar-refractivity contribution in [2.24, 2.45) is 0 Å². The molecule has 1 aliphatic rings. The van der Waals surface area contributed by atoms with Gasteiger partial charge in [0, 0.05) is 13.0 Å². The second-order valence-corrected chi connectivity index (χ2v) is 3.88. The van der Waals surface area contributed by atoms with Crippen LogP contribution < -0.4 is 0 Å². The summed E-state index contributed by atoms with van der Waals surface area (Å²) in [6.45, 7) is -1.07. The summed E-state index contributed by atoms with van der Waals surface area (Å²) >= 11 is 0. The van der Waals surface area contributed by atoms with Gasteiger partial charge in [-0.3, -0.25) is 9.59 Å². The number of rotatable bonds is 4. The zero-order chi connectivity index (χ0) is 12.9. The van der Waals surface area contributed by atoms with Crippen LogP contribution in [-0.4, -0.2) is 49.1 Å². The van der Waals surface area contributed by atoms with Crippen molar-refractivity contribution >= 4 is 11.7 Å². The van der Waals surface area contributed by atoms with Crippen molar-refractivity contribution < 1.29 is 27.5 Å². The molecule has 98 valence electrons. The average Bonchev–Trinajstić information content (AvgIpc) is 2.23. The predicted molar refractivity (Wildman–Crippen MR) is 52.3 cm³/mol. The number of Topliss-reactive ketones (excluding diaryl/α,β-unsaturated/α-hetero) is 1. The zero-order valence-corrected chi connectivity index (χ0v) is 9.26. The summed E-state index contributed by atoms with van der Waals surface area (Å²) < 4.78 is 39.5. The Morgan fingerprint density at radius 3 is 2.71 bits per heavy atom. The van der Waals surface area contributed by atoms with Crippen LogP contribution in [0.25, 0.3) is 0 Å². The number of amides is 1. The molecule has 0 aliphatic carbocycles. The summed E-state index contributed by atoms with van der Waals surface area (Å²) in [5.74, 6) is -0.346. The third-order valence-electron chi connectivity index (χ3n) is 2.33. The SMILES string of the molecule is O=C1CCCN(C(=O)CCOCC(F)(F)F)C1. The first-order valence-corrected chi connectivity index (χ1v) is 5.32. The van der Waals surface area contributed by atoms with Crippen molar-refractivity contribution in [3.8, 4) is 0 Å². The third-order valence-corrected chi connectivity index (χ3v) is 2.33. The van der Waals surface area contributed by atoms with Crippen molar-refractivity contribution in [2.75, 3.05) is 26.3 Å². The second kappa shape index (κ2) is 6.00. The largest absolute Gasteiger partial charge is 0.411 e. The predicted octanol–water partition coefficient (Wildman–Crippen LogP) is 1.15. The van der Waals surface area contributed by atoms with E-state index in [1.807, 2.05) is 0 Å². The Bertz CT molecular complexity index is 291. The van der Waals surface area contributed by atoms with E-state index in [2.05, 4.69) is 4.74 Å².